The number of likely N-dealkylation sites (N-methyl/N-ethyl adjacent to an activating group) is 1. The number of hydrogen-bond donors (Lipinski definition) is 2. The predicted molar refractivity (Wildman–Crippen MR) is 106 cm³/mol. The van der Waals surface area contributed by atoms with Gasteiger partial charge in [0.25, 0.3) is 0 Å². The van der Waals surface area contributed by atoms with E-state index in [0.29, 0.717) is 0 Å². The van der Waals surface area contributed by atoms with Crippen molar-refractivity contribution < 1.29 is 9.18 Å². The van der Waals surface area contributed by atoms with Crippen molar-refractivity contribution in [2.24, 2.45) is 0 Å². The van der Waals surface area contributed by atoms with Gasteiger partial charge in [-0.25, -0.2) is 4.39 Å². The number of carbonyl (C=O) groups is 1. The summed E-state index contributed by atoms with van der Waals surface area (Å²) in [4.78, 5) is 17.1. The number of nitrogens with one attached hydrogen (secondary N) is 2. The van der Waals surface area contributed by atoms with Gasteiger partial charge in [0.2, 0.25) is 5.91 Å². The van der Waals surface area contributed by atoms with Crippen LogP contribution in [-0.2, 0) is 4.79 Å². The molecule has 0 radical (unpaired) electrons. The van der Waals surface area contributed by atoms with Gasteiger partial charge in [-0.15, -0.1) is 12.4 Å². The molecule has 2 saturated heterocycles. The van der Waals surface area contributed by atoms with Gasteiger partial charge >= 0.3 is 0 Å². The van der Waals surface area contributed by atoms with Crippen molar-refractivity contribution in [1.82, 2.24) is 15.5 Å². The van der Waals surface area contributed by atoms with E-state index in [-0.39, 0.29) is 36.2 Å². The van der Waals surface area contributed by atoms with E-state index in [9.17, 15) is 9.18 Å². The summed E-state index contributed by atoms with van der Waals surface area (Å²) in [5.74, 6) is -0.248. The normalized spacial score (nSPS) is 22.0. The van der Waals surface area contributed by atoms with Crippen LogP contribution in [-0.4, -0.2) is 56.1 Å². The third-order valence-electron chi connectivity index (χ3n) is 5.35. The predicted octanol–water partition coefficient (Wildman–Crippen LogP) is 2.32. The molecule has 0 saturated carbocycles. The van der Waals surface area contributed by atoms with Crippen LogP contribution < -0.4 is 15.5 Å². The molecule has 2 fully saturated rings. The lowest BCUT2D eigenvalue weighted by Crippen LogP contribution is -2.47. The van der Waals surface area contributed by atoms with Crippen LogP contribution in [0.1, 0.15) is 38.3 Å². The van der Waals surface area contributed by atoms with Crippen LogP contribution in [0.4, 0.5) is 10.1 Å². The summed E-state index contributed by atoms with van der Waals surface area (Å²) in [7, 11) is 0. The van der Waals surface area contributed by atoms with E-state index in [0.717, 1.165) is 63.4 Å². The molecular weight excluding hydrogens is 355 g/mol. The molecule has 2 heterocycles. The van der Waals surface area contributed by atoms with Gasteiger partial charge in [0, 0.05) is 37.4 Å². The van der Waals surface area contributed by atoms with Gasteiger partial charge in [-0.2, -0.15) is 0 Å². The Balaban J connectivity index is 0.00000243. The summed E-state index contributed by atoms with van der Waals surface area (Å²) >= 11 is 0. The first kappa shape index (κ1) is 20.9. The van der Waals surface area contributed by atoms with E-state index in [1.807, 2.05) is 13.0 Å². The van der Waals surface area contributed by atoms with Crippen molar-refractivity contribution in [1.29, 1.82) is 0 Å². The highest BCUT2D eigenvalue weighted by Crippen LogP contribution is 2.28. The molecule has 0 spiro atoms. The summed E-state index contributed by atoms with van der Waals surface area (Å²) in [5, 5.41) is 6.27. The number of halogens is 2. The van der Waals surface area contributed by atoms with Crippen molar-refractivity contribution in [3.63, 3.8) is 0 Å². The number of piperazine rings is 1. The fraction of sp³-hybridized carbons (Fsp3) is 0.632. The van der Waals surface area contributed by atoms with Crippen LogP contribution in [0.3, 0.4) is 0 Å². The Morgan fingerprint density at radius 3 is 2.69 bits per heavy atom. The van der Waals surface area contributed by atoms with Crippen LogP contribution >= 0.6 is 12.4 Å². The van der Waals surface area contributed by atoms with E-state index >= 15 is 0 Å². The Hall–Kier alpha value is -1.37. The number of hydrogen-bond acceptors (Lipinski definition) is 4. The van der Waals surface area contributed by atoms with Crippen LogP contribution in [0.5, 0.6) is 0 Å². The summed E-state index contributed by atoms with van der Waals surface area (Å²) in [5.41, 5.74) is 1.89. The lowest BCUT2D eigenvalue weighted by Gasteiger charge is -2.37. The fourth-order valence-electron chi connectivity index (χ4n) is 3.77. The highest BCUT2D eigenvalue weighted by Gasteiger charge is 2.26. The number of amides is 1. The molecular formula is C19H30ClFN4O. The number of rotatable bonds is 5. The molecule has 2 unspecified atom stereocenters. The first-order chi connectivity index (χ1) is 12.1. The average molecular weight is 385 g/mol. The Morgan fingerprint density at radius 2 is 2.08 bits per heavy atom. The van der Waals surface area contributed by atoms with Crippen molar-refractivity contribution in [3.05, 3.63) is 29.6 Å². The second-order valence-corrected chi connectivity index (χ2v) is 7.00. The van der Waals surface area contributed by atoms with Gasteiger partial charge in [0.1, 0.15) is 5.82 Å². The molecule has 0 aromatic heterocycles. The molecule has 2 aliphatic rings. The Labute approximate surface area is 161 Å². The van der Waals surface area contributed by atoms with Crippen molar-refractivity contribution in [3.8, 4) is 0 Å². The highest BCUT2D eigenvalue weighted by atomic mass is 35.5. The zero-order valence-corrected chi connectivity index (χ0v) is 16.4. The zero-order chi connectivity index (χ0) is 17.8. The second-order valence-electron chi connectivity index (χ2n) is 7.00. The molecule has 26 heavy (non-hydrogen) atoms. The fourth-order valence-corrected chi connectivity index (χ4v) is 3.77. The maximum absolute atomic E-state index is 13.9. The van der Waals surface area contributed by atoms with Crippen LogP contribution in [0.2, 0.25) is 0 Å². The minimum absolute atomic E-state index is 0. The van der Waals surface area contributed by atoms with Gasteiger partial charge in [-0.1, -0.05) is 6.92 Å². The molecule has 5 nitrogen and oxygen atoms in total. The molecule has 1 amide bonds. The minimum Gasteiger partial charge on any atom is -0.369 e. The van der Waals surface area contributed by atoms with Gasteiger partial charge in [0.15, 0.2) is 0 Å². The van der Waals surface area contributed by atoms with E-state index in [4.69, 9.17) is 0 Å². The smallest absolute Gasteiger partial charge is 0.237 e. The lowest BCUT2D eigenvalue weighted by atomic mass is 10.0. The monoisotopic (exact) mass is 384 g/mol. The van der Waals surface area contributed by atoms with Crippen LogP contribution in [0.25, 0.3) is 0 Å². The number of carbonyl (C=O) groups excluding carboxylic acids is 1. The molecule has 7 heteroatoms. The topological polar surface area (TPSA) is 47.6 Å². The maximum Gasteiger partial charge on any atom is 0.237 e. The van der Waals surface area contributed by atoms with Gasteiger partial charge in [-0.3, -0.25) is 4.79 Å². The van der Waals surface area contributed by atoms with Crippen LogP contribution in [0.15, 0.2) is 18.2 Å². The van der Waals surface area contributed by atoms with Crippen LogP contribution in [0, 0.1) is 5.82 Å². The van der Waals surface area contributed by atoms with E-state index < -0.39 is 0 Å². The third-order valence-corrected chi connectivity index (χ3v) is 5.35. The molecule has 0 bridgehead atoms. The molecule has 146 valence electrons. The van der Waals surface area contributed by atoms with Gasteiger partial charge < -0.3 is 20.4 Å². The number of benzene rings is 1. The quantitative estimate of drug-likeness (QED) is 0.818. The van der Waals surface area contributed by atoms with E-state index in [1.54, 1.807) is 6.07 Å². The zero-order valence-electron chi connectivity index (χ0n) is 15.6. The Morgan fingerprint density at radius 1 is 1.35 bits per heavy atom. The van der Waals surface area contributed by atoms with Crippen molar-refractivity contribution in [2.45, 2.75) is 38.8 Å². The van der Waals surface area contributed by atoms with Crippen molar-refractivity contribution in [2.75, 3.05) is 44.2 Å². The lowest BCUT2D eigenvalue weighted by molar-refractivity contribution is -0.123. The molecule has 1 aromatic carbocycles. The molecule has 1 aromatic rings. The van der Waals surface area contributed by atoms with Crippen molar-refractivity contribution >= 4 is 24.0 Å². The number of nitrogens with zero attached hydrogens (tertiary/aromatic N) is 2. The second kappa shape index (κ2) is 9.53. The molecule has 2 atom stereocenters. The molecule has 3 rings (SSSR count). The minimum atomic E-state index is -0.258. The van der Waals surface area contributed by atoms with Gasteiger partial charge in [-0.05, 0) is 51.1 Å². The maximum atomic E-state index is 13.9. The van der Waals surface area contributed by atoms with Gasteiger partial charge in [0.05, 0.1) is 12.1 Å². The first-order valence-electron chi connectivity index (χ1n) is 9.39. The summed E-state index contributed by atoms with van der Waals surface area (Å²) in [6.45, 7) is 9.94. The largest absolute Gasteiger partial charge is 0.369 e. The SMILES string of the molecule is CCN1CCN(c2ccc(F)cc2C(C)NC(=O)C2CCCN2)CC1.Cl. The van der Waals surface area contributed by atoms with E-state index in [1.165, 1.54) is 6.07 Å². The average Bonchev–Trinajstić information content (AvgIpc) is 3.16. The molecule has 0 aliphatic carbocycles. The first-order valence-corrected chi connectivity index (χ1v) is 9.39. The molecule has 2 N–H and O–H groups in total. The summed E-state index contributed by atoms with van der Waals surface area (Å²) in [6.07, 6.45) is 1.90. The van der Waals surface area contributed by atoms with E-state index in [2.05, 4.69) is 27.4 Å². The standard InChI is InChI=1S/C19H29FN4O.ClH/c1-3-23-9-11-24(12-10-23)18-7-6-15(20)13-16(18)14(2)22-19(25)17-5-4-8-21-17;/h6-7,13-14,17,21H,3-5,8-12H2,1-2H3,(H,22,25);1H. The summed E-state index contributed by atoms with van der Waals surface area (Å²) < 4.78 is 13.9. The number of anilines is 1. The Bertz CT molecular complexity index is 601. The highest BCUT2D eigenvalue weighted by molar-refractivity contribution is 5.85. The molecule has 2 aliphatic heterocycles. The Kier molecular flexibility index (Phi) is 7.68. The summed E-state index contributed by atoms with van der Waals surface area (Å²) in [6, 6.07) is 4.59. The third kappa shape index (κ3) is 4.87.